The number of carbonyl (C=O) groups is 1. The van der Waals surface area contributed by atoms with Gasteiger partial charge in [0.05, 0.1) is 6.10 Å². The number of nitrogens with one attached hydrogen (secondary N) is 1. The summed E-state index contributed by atoms with van der Waals surface area (Å²) in [6.45, 7) is 3.87. The van der Waals surface area contributed by atoms with Gasteiger partial charge < -0.3 is 15.0 Å². The Morgan fingerprint density at radius 3 is 2.82 bits per heavy atom. The summed E-state index contributed by atoms with van der Waals surface area (Å²) in [6.07, 6.45) is 4.77. The van der Waals surface area contributed by atoms with Crippen molar-refractivity contribution < 1.29 is 9.53 Å². The smallest absolute Gasteiger partial charge is 0.226 e. The molecule has 0 aromatic heterocycles. The van der Waals surface area contributed by atoms with E-state index in [0.29, 0.717) is 17.2 Å². The van der Waals surface area contributed by atoms with Crippen LogP contribution in [0.4, 0.5) is 0 Å². The van der Waals surface area contributed by atoms with Crippen molar-refractivity contribution in [3.63, 3.8) is 0 Å². The van der Waals surface area contributed by atoms with Crippen molar-refractivity contribution >= 4 is 5.91 Å². The van der Waals surface area contributed by atoms with Gasteiger partial charge in [-0.15, -0.1) is 0 Å². The fourth-order valence-corrected chi connectivity index (χ4v) is 3.52. The van der Waals surface area contributed by atoms with Gasteiger partial charge in [0.15, 0.2) is 0 Å². The molecule has 3 aliphatic rings. The lowest BCUT2D eigenvalue weighted by molar-refractivity contribution is -0.133. The van der Waals surface area contributed by atoms with Gasteiger partial charge in [0.1, 0.15) is 0 Å². The molecule has 4 nitrogen and oxygen atoms in total. The van der Waals surface area contributed by atoms with Crippen molar-refractivity contribution in [2.75, 3.05) is 33.3 Å². The largest absolute Gasteiger partial charge is 0.380 e. The lowest BCUT2D eigenvalue weighted by atomic mass is 9.91. The third-order valence-corrected chi connectivity index (χ3v) is 4.88. The first-order chi connectivity index (χ1) is 8.25. The Morgan fingerprint density at radius 1 is 1.41 bits per heavy atom. The van der Waals surface area contributed by atoms with Gasteiger partial charge in [-0.2, -0.15) is 0 Å². The minimum absolute atomic E-state index is 0.265. The molecule has 1 spiro atoms. The molecule has 1 N–H and O–H groups in total. The molecule has 1 amide bonds. The van der Waals surface area contributed by atoms with E-state index in [4.69, 9.17) is 4.74 Å². The number of carbonyl (C=O) groups excluding carboxylic acids is 1. The maximum Gasteiger partial charge on any atom is 0.226 e. The molecule has 0 bridgehead atoms. The number of rotatable bonds is 2. The van der Waals surface area contributed by atoms with Gasteiger partial charge in [-0.05, 0) is 44.2 Å². The van der Waals surface area contributed by atoms with Crippen molar-refractivity contribution in [3.8, 4) is 0 Å². The van der Waals surface area contributed by atoms with Crippen LogP contribution in [0, 0.1) is 11.3 Å². The Morgan fingerprint density at radius 2 is 2.18 bits per heavy atom. The first-order valence-electron chi connectivity index (χ1n) is 6.77. The minimum atomic E-state index is 0.265. The molecule has 2 saturated heterocycles. The summed E-state index contributed by atoms with van der Waals surface area (Å²) >= 11 is 0. The molecule has 96 valence electrons. The second-order valence-corrected chi connectivity index (χ2v) is 5.80. The van der Waals surface area contributed by atoms with Gasteiger partial charge in [0, 0.05) is 26.1 Å². The topological polar surface area (TPSA) is 41.6 Å². The zero-order valence-electron chi connectivity index (χ0n) is 10.6. The summed E-state index contributed by atoms with van der Waals surface area (Å²) in [5, 5.41) is 3.38. The van der Waals surface area contributed by atoms with Gasteiger partial charge in [0.25, 0.3) is 0 Å². The average molecular weight is 238 g/mol. The fourth-order valence-electron chi connectivity index (χ4n) is 3.52. The molecular formula is C13H22N2O2. The fraction of sp³-hybridized carbons (Fsp3) is 0.923. The van der Waals surface area contributed by atoms with E-state index in [1.165, 1.54) is 12.8 Å². The average Bonchev–Trinajstić information content (AvgIpc) is 2.86. The van der Waals surface area contributed by atoms with E-state index in [2.05, 4.69) is 5.32 Å². The molecule has 17 heavy (non-hydrogen) atoms. The van der Waals surface area contributed by atoms with Crippen LogP contribution in [0.5, 0.6) is 0 Å². The molecular weight excluding hydrogens is 216 g/mol. The van der Waals surface area contributed by atoms with Gasteiger partial charge in [-0.3, -0.25) is 4.79 Å². The maximum absolute atomic E-state index is 12.4. The molecule has 0 radical (unpaired) electrons. The second-order valence-electron chi connectivity index (χ2n) is 5.80. The number of amides is 1. The van der Waals surface area contributed by atoms with Crippen LogP contribution in [-0.2, 0) is 9.53 Å². The molecule has 4 heteroatoms. The molecule has 0 aromatic carbocycles. The number of hydrogen-bond acceptors (Lipinski definition) is 3. The second kappa shape index (κ2) is 4.25. The highest BCUT2D eigenvalue weighted by Gasteiger charge is 2.58. The summed E-state index contributed by atoms with van der Waals surface area (Å²) in [5.74, 6) is 0.714. The molecule has 0 aromatic rings. The Balaban J connectivity index is 1.58. The van der Waals surface area contributed by atoms with Gasteiger partial charge in [0.2, 0.25) is 5.91 Å². The summed E-state index contributed by atoms with van der Waals surface area (Å²) in [7, 11) is 1.74. The van der Waals surface area contributed by atoms with Crippen LogP contribution in [0.2, 0.25) is 0 Å². The number of ether oxygens (including phenoxy) is 1. The van der Waals surface area contributed by atoms with E-state index >= 15 is 0 Å². The first-order valence-corrected chi connectivity index (χ1v) is 6.77. The van der Waals surface area contributed by atoms with Crippen molar-refractivity contribution in [2.45, 2.75) is 31.8 Å². The van der Waals surface area contributed by atoms with E-state index in [1.54, 1.807) is 7.11 Å². The van der Waals surface area contributed by atoms with Crippen LogP contribution in [-0.4, -0.2) is 50.2 Å². The predicted molar refractivity (Wildman–Crippen MR) is 64.6 cm³/mol. The maximum atomic E-state index is 12.4. The first kappa shape index (κ1) is 11.5. The molecule has 2 heterocycles. The summed E-state index contributed by atoms with van der Waals surface area (Å²) in [6, 6.07) is 0. The Labute approximate surface area is 103 Å². The molecule has 2 aliphatic heterocycles. The molecule has 3 fully saturated rings. The Hall–Kier alpha value is -0.610. The number of piperidine rings is 1. The lowest BCUT2D eigenvalue weighted by Gasteiger charge is -2.25. The summed E-state index contributed by atoms with van der Waals surface area (Å²) < 4.78 is 5.32. The highest BCUT2D eigenvalue weighted by atomic mass is 16.5. The van der Waals surface area contributed by atoms with Crippen LogP contribution in [0.1, 0.15) is 25.7 Å². The Kier molecular flexibility index (Phi) is 2.87. The van der Waals surface area contributed by atoms with E-state index < -0.39 is 0 Å². The van der Waals surface area contributed by atoms with Gasteiger partial charge in [-0.1, -0.05) is 0 Å². The van der Waals surface area contributed by atoms with Crippen molar-refractivity contribution in [1.29, 1.82) is 0 Å². The van der Waals surface area contributed by atoms with Crippen molar-refractivity contribution in [1.82, 2.24) is 10.2 Å². The highest BCUT2D eigenvalue weighted by molar-refractivity contribution is 5.83. The van der Waals surface area contributed by atoms with E-state index in [1.807, 2.05) is 4.90 Å². The normalized spacial score (nSPS) is 35.2. The number of hydrogen-bond donors (Lipinski definition) is 1. The minimum Gasteiger partial charge on any atom is -0.380 e. The highest BCUT2D eigenvalue weighted by Crippen LogP contribution is 2.59. The number of nitrogens with zero attached hydrogens (tertiary/aromatic N) is 1. The number of likely N-dealkylation sites (tertiary alicyclic amines) is 1. The van der Waals surface area contributed by atoms with E-state index in [9.17, 15) is 4.79 Å². The van der Waals surface area contributed by atoms with Crippen LogP contribution >= 0.6 is 0 Å². The standard InChI is InChI=1S/C13H22N2O2/c1-17-10-2-7-15(9-10)12(16)11-8-13(11)3-5-14-6-4-13/h10-11,14H,2-9H2,1H3. The quantitative estimate of drug-likeness (QED) is 0.767. The zero-order chi connectivity index (χ0) is 11.9. The van der Waals surface area contributed by atoms with Gasteiger partial charge in [-0.25, -0.2) is 0 Å². The molecule has 1 aliphatic carbocycles. The summed E-state index contributed by atoms with van der Waals surface area (Å²) in [4.78, 5) is 14.4. The van der Waals surface area contributed by atoms with Crippen LogP contribution in [0.3, 0.4) is 0 Å². The molecule has 3 rings (SSSR count). The van der Waals surface area contributed by atoms with Gasteiger partial charge >= 0.3 is 0 Å². The molecule has 2 unspecified atom stereocenters. The lowest BCUT2D eigenvalue weighted by Crippen LogP contribution is -2.36. The molecule has 1 saturated carbocycles. The zero-order valence-corrected chi connectivity index (χ0v) is 10.6. The Bertz CT molecular complexity index is 313. The van der Waals surface area contributed by atoms with Crippen LogP contribution in [0.15, 0.2) is 0 Å². The van der Waals surface area contributed by atoms with Crippen LogP contribution in [0.25, 0.3) is 0 Å². The van der Waals surface area contributed by atoms with E-state index in [-0.39, 0.29) is 6.10 Å². The third kappa shape index (κ3) is 1.97. The third-order valence-electron chi connectivity index (χ3n) is 4.88. The van der Waals surface area contributed by atoms with Crippen molar-refractivity contribution in [2.24, 2.45) is 11.3 Å². The summed E-state index contributed by atoms with van der Waals surface area (Å²) in [5.41, 5.74) is 0.369. The van der Waals surface area contributed by atoms with Crippen LogP contribution < -0.4 is 5.32 Å². The number of methoxy groups -OCH3 is 1. The SMILES string of the molecule is COC1CCN(C(=O)C2CC23CCNCC3)C1. The van der Waals surface area contributed by atoms with E-state index in [0.717, 1.165) is 39.0 Å². The predicted octanol–water partition coefficient (Wildman–Crippen LogP) is 0.623. The van der Waals surface area contributed by atoms with Crippen molar-refractivity contribution in [3.05, 3.63) is 0 Å². The molecule has 2 atom stereocenters. The monoisotopic (exact) mass is 238 g/mol.